The predicted molar refractivity (Wildman–Crippen MR) is 73.0 cm³/mol. The summed E-state index contributed by atoms with van der Waals surface area (Å²) in [6.07, 6.45) is 5.60. The maximum absolute atomic E-state index is 3.81. The Hall–Kier alpha value is 0.660. The van der Waals surface area contributed by atoms with Gasteiger partial charge in [-0.1, -0.05) is 6.92 Å². The van der Waals surface area contributed by atoms with Crippen molar-refractivity contribution in [3.8, 4) is 0 Å². The van der Waals surface area contributed by atoms with Gasteiger partial charge in [0.1, 0.15) is 0 Å². The summed E-state index contributed by atoms with van der Waals surface area (Å²) in [5, 5.41) is 4.63. The van der Waals surface area contributed by atoms with Gasteiger partial charge in [0.2, 0.25) is 0 Å². The Morgan fingerprint density at radius 1 is 1.33 bits per heavy atom. The van der Waals surface area contributed by atoms with Crippen molar-refractivity contribution in [2.24, 2.45) is 0 Å². The van der Waals surface area contributed by atoms with Crippen LogP contribution in [-0.4, -0.2) is 34.1 Å². The lowest BCUT2D eigenvalue weighted by atomic mass is 10.0. The van der Waals surface area contributed by atoms with Gasteiger partial charge in [-0.15, -0.1) is 0 Å². The molecule has 88 valence electrons. The molecule has 0 aromatic rings. The van der Waals surface area contributed by atoms with E-state index in [4.69, 9.17) is 0 Å². The lowest BCUT2D eigenvalue weighted by Gasteiger charge is -2.33. The molecule has 2 fully saturated rings. The van der Waals surface area contributed by atoms with Crippen LogP contribution in [0, 0.1) is 0 Å². The van der Waals surface area contributed by atoms with Crippen LogP contribution in [0.15, 0.2) is 0 Å². The molecule has 0 saturated carbocycles. The van der Waals surface area contributed by atoms with Crippen molar-refractivity contribution in [3.05, 3.63) is 0 Å². The highest BCUT2D eigenvalue weighted by Crippen LogP contribution is 2.37. The summed E-state index contributed by atoms with van der Waals surface area (Å²) in [7, 11) is 0. The number of thioether (sulfide) groups is 2. The largest absolute Gasteiger partial charge is 0.312 e. The summed E-state index contributed by atoms with van der Waals surface area (Å²) < 4.78 is 0.530. The zero-order valence-electron chi connectivity index (χ0n) is 9.92. The van der Waals surface area contributed by atoms with Gasteiger partial charge in [0, 0.05) is 22.6 Å². The molecule has 0 radical (unpaired) electrons. The molecule has 2 saturated heterocycles. The maximum atomic E-state index is 3.81. The van der Waals surface area contributed by atoms with Crippen molar-refractivity contribution in [2.75, 3.05) is 18.1 Å². The smallest absolute Gasteiger partial charge is 0.0256 e. The molecule has 0 amide bonds. The third-order valence-corrected chi connectivity index (χ3v) is 6.56. The highest BCUT2D eigenvalue weighted by molar-refractivity contribution is 8.01. The van der Waals surface area contributed by atoms with E-state index in [0.29, 0.717) is 4.75 Å². The molecular formula is C12H23NS2. The van der Waals surface area contributed by atoms with E-state index >= 15 is 0 Å². The maximum Gasteiger partial charge on any atom is 0.0256 e. The van der Waals surface area contributed by atoms with Crippen LogP contribution in [0.4, 0.5) is 0 Å². The zero-order chi connectivity index (χ0) is 10.7. The molecule has 3 atom stereocenters. The number of rotatable bonds is 3. The highest BCUT2D eigenvalue weighted by atomic mass is 32.2. The molecule has 0 aliphatic carbocycles. The van der Waals surface area contributed by atoms with Gasteiger partial charge in [0.15, 0.2) is 0 Å². The summed E-state index contributed by atoms with van der Waals surface area (Å²) in [6.45, 7) is 6.02. The molecule has 2 aliphatic heterocycles. The molecule has 2 aliphatic rings. The topological polar surface area (TPSA) is 12.0 Å². The number of hydrogen-bond donors (Lipinski definition) is 1. The molecule has 0 spiro atoms. The number of nitrogens with one attached hydrogen (secondary N) is 1. The van der Waals surface area contributed by atoms with Crippen LogP contribution in [0.2, 0.25) is 0 Å². The Bertz CT molecular complexity index is 202. The van der Waals surface area contributed by atoms with Crippen molar-refractivity contribution < 1.29 is 0 Å². The van der Waals surface area contributed by atoms with Gasteiger partial charge in [-0.05, 0) is 44.1 Å². The molecule has 3 heteroatoms. The fourth-order valence-electron chi connectivity index (χ4n) is 2.51. The molecule has 2 rings (SSSR count). The molecule has 0 aromatic heterocycles. The van der Waals surface area contributed by atoms with E-state index in [1.165, 1.54) is 43.7 Å². The molecule has 1 N–H and O–H groups in total. The lowest BCUT2D eigenvalue weighted by Crippen LogP contribution is -2.45. The first-order valence-electron chi connectivity index (χ1n) is 6.19. The quantitative estimate of drug-likeness (QED) is 0.820. The summed E-state index contributed by atoms with van der Waals surface area (Å²) in [5.41, 5.74) is 0. The van der Waals surface area contributed by atoms with Gasteiger partial charge in [-0.2, -0.15) is 23.5 Å². The molecule has 1 nitrogen and oxygen atoms in total. The Morgan fingerprint density at radius 2 is 2.20 bits per heavy atom. The first-order valence-corrected chi connectivity index (χ1v) is 8.22. The van der Waals surface area contributed by atoms with Crippen LogP contribution in [0.3, 0.4) is 0 Å². The molecule has 0 aromatic carbocycles. The van der Waals surface area contributed by atoms with Gasteiger partial charge in [0.25, 0.3) is 0 Å². The predicted octanol–water partition coefficient (Wildman–Crippen LogP) is 3.15. The third-order valence-electron chi connectivity index (χ3n) is 3.65. The summed E-state index contributed by atoms with van der Waals surface area (Å²) in [6, 6.07) is 0.766. The molecular weight excluding hydrogens is 222 g/mol. The first-order chi connectivity index (χ1) is 7.20. The van der Waals surface area contributed by atoms with Crippen LogP contribution in [0.5, 0.6) is 0 Å². The Labute approximate surface area is 103 Å². The van der Waals surface area contributed by atoms with Crippen LogP contribution >= 0.6 is 23.5 Å². The molecule has 15 heavy (non-hydrogen) atoms. The first kappa shape index (κ1) is 12.1. The van der Waals surface area contributed by atoms with Crippen LogP contribution in [-0.2, 0) is 0 Å². The minimum absolute atomic E-state index is 0.530. The van der Waals surface area contributed by atoms with Crippen molar-refractivity contribution in [1.29, 1.82) is 0 Å². The number of hydrogen-bond acceptors (Lipinski definition) is 3. The van der Waals surface area contributed by atoms with Crippen molar-refractivity contribution >= 4 is 23.5 Å². The summed E-state index contributed by atoms with van der Waals surface area (Å²) in [5.74, 6) is 2.73. The molecule has 3 unspecified atom stereocenters. The fourth-order valence-corrected chi connectivity index (χ4v) is 4.94. The van der Waals surface area contributed by atoms with Crippen LogP contribution in [0.1, 0.15) is 39.5 Å². The Kier molecular flexibility index (Phi) is 4.31. The van der Waals surface area contributed by atoms with Gasteiger partial charge in [-0.3, -0.25) is 0 Å². The molecule has 2 heterocycles. The average molecular weight is 245 g/mol. The summed E-state index contributed by atoms with van der Waals surface area (Å²) in [4.78, 5) is 0. The van der Waals surface area contributed by atoms with Crippen LogP contribution in [0.25, 0.3) is 0 Å². The van der Waals surface area contributed by atoms with E-state index in [9.17, 15) is 0 Å². The van der Waals surface area contributed by atoms with Crippen LogP contribution < -0.4 is 5.32 Å². The zero-order valence-corrected chi connectivity index (χ0v) is 11.6. The SMILES string of the molecule is CC1SCCCC1NCC1(C)CCCS1. The summed E-state index contributed by atoms with van der Waals surface area (Å²) >= 11 is 4.30. The third kappa shape index (κ3) is 3.31. The van der Waals surface area contributed by atoms with Crippen molar-refractivity contribution in [1.82, 2.24) is 5.32 Å². The normalized spacial score (nSPS) is 42.0. The Balaban J connectivity index is 1.76. The van der Waals surface area contributed by atoms with Crippen molar-refractivity contribution in [2.45, 2.75) is 55.6 Å². The van der Waals surface area contributed by atoms with E-state index in [1.807, 2.05) is 0 Å². The van der Waals surface area contributed by atoms with E-state index in [1.54, 1.807) is 0 Å². The highest BCUT2D eigenvalue weighted by Gasteiger charge is 2.31. The van der Waals surface area contributed by atoms with E-state index < -0.39 is 0 Å². The van der Waals surface area contributed by atoms with E-state index in [-0.39, 0.29) is 0 Å². The fraction of sp³-hybridized carbons (Fsp3) is 1.00. The minimum Gasteiger partial charge on any atom is -0.312 e. The van der Waals surface area contributed by atoms with Gasteiger partial charge in [-0.25, -0.2) is 0 Å². The van der Waals surface area contributed by atoms with E-state index in [2.05, 4.69) is 42.7 Å². The monoisotopic (exact) mass is 245 g/mol. The van der Waals surface area contributed by atoms with Gasteiger partial charge >= 0.3 is 0 Å². The average Bonchev–Trinajstić information content (AvgIpc) is 2.65. The van der Waals surface area contributed by atoms with Crippen molar-refractivity contribution in [3.63, 3.8) is 0 Å². The second-order valence-corrected chi connectivity index (χ2v) is 8.28. The minimum atomic E-state index is 0.530. The molecule has 0 bridgehead atoms. The standard InChI is InChI=1S/C12H23NS2/c1-10-11(5-3-7-14-10)13-9-12(2)6-4-8-15-12/h10-11,13H,3-9H2,1-2H3. The van der Waals surface area contributed by atoms with Gasteiger partial charge < -0.3 is 5.32 Å². The lowest BCUT2D eigenvalue weighted by molar-refractivity contribution is 0.428. The second-order valence-electron chi connectivity index (χ2n) is 5.11. The second kappa shape index (κ2) is 5.33. The van der Waals surface area contributed by atoms with E-state index in [0.717, 1.165) is 11.3 Å². The van der Waals surface area contributed by atoms with Gasteiger partial charge in [0.05, 0.1) is 0 Å². The Morgan fingerprint density at radius 3 is 2.87 bits per heavy atom.